The highest BCUT2D eigenvalue weighted by Gasteiger charge is 2.33. The summed E-state index contributed by atoms with van der Waals surface area (Å²) >= 11 is 0. The standard InChI is InChI=1S/C11H19F3O2S.C10H18F3NO2S.C7H15N.C6H14N2/c1-9-2-4-10(5-3-9)8-17(15,16)7-6-11(12,13)14;11-10(12,13)5-6-17(15,16)7-8-1-3-9(14)4-2-8;1-6-2-4-7(8)5-3-6;7-5-1-2-6(8)4-3-5/h9-10H,2-8H2,1H3;8-9H,1-7,14H2;6-7H,2-5,8H2,1H3;5-6H,1-4,7-8H2. The van der Waals surface area contributed by atoms with Crippen molar-refractivity contribution < 1.29 is 43.2 Å². The van der Waals surface area contributed by atoms with Crippen molar-refractivity contribution in [1.82, 2.24) is 0 Å². The second-order valence-electron chi connectivity index (χ2n) is 15.6. The lowest BCUT2D eigenvalue weighted by Crippen LogP contribution is -2.33. The molecule has 0 aromatic rings. The lowest BCUT2D eigenvalue weighted by Gasteiger charge is -2.25. The number of rotatable bonds is 8. The van der Waals surface area contributed by atoms with Gasteiger partial charge in [0.2, 0.25) is 0 Å². The van der Waals surface area contributed by atoms with E-state index in [1.807, 2.05) is 0 Å². The SMILES string of the molecule is CC1CCC(CS(=O)(=O)CCC(F)(F)F)CC1.CC1CCC(N)CC1.NC1CCC(CS(=O)(=O)CCC(F)(F)F)CC1.NC1CCC(N)CC1. The number of sulfone groups is 2. The Labute approximate surface area is 297 Å². The van der Waals surface area contributed by atoms with Gasteiger partial charge < -0.3 is 22.9 Å². The Morgan fingerprint density at radius 2 is 0.660 bits per heavy atom. The van der Waals surface area contributed by atoms with Gasteiger partial charge in [-0.3, -0.25) is 0 Å². The van der Waals surface area contributed by atoms with Crippen LogP contribution in [0.15, 0.2) is 0 Å². The number of alkyl halides is 6. The van der Waals surface area contributed by atoms with Crippen LogP contribution < -0.4 is 22.9 Å². The molecule has 4 aliphatic rings. The molecule has 0 unspecified atom stereocenters. The van der Waals surface area contributed by atoms with Gasteiger partial charge in [0.15, 0.2) is 19.7 Å². The van der Waals surface area contributed by atoms with Crippen molar-refractivity contribution in [2.45, 2.75) is 166 Å². The van der Waals surface area contributed by atoms with Crippen LogP contribution in [-0.4, -0.2) is 76.4 Å². The summed E-state index contributed by atoms with van der Waals surface area (Å²) in [5.74, 6) is -0.163. The average molecular weight is 773 g/mol. The first-order chi connectivity index (χ1) is 22.9. The van der Waals surface area contributed by atoms with Crippen LogP contribution in [0.4, 0.5) is 26.3 Å². The van der Waals surface area contributed by atoms with E-state index in [9.17, 15) is 43.2 Å². The molecule has 0 spiro atoms. The molecule has 4 fully saturated rings. The predicted octanol–water partition coefficient (Wildman–Crippen LogP) is 6.79. The summed E-state index contributed by atoms with van der Waals surface area (Å²) in [7, 11) is -7.14. The van der Waals surface area contributed by atoms with E-state index >= 15 is 0 Å². The van der Waals surface area contributed by atoms with Crippen molar-refractivity contribution in [2.75, 3.05) is 23.0 Å². The molecule has 8 N–H and O–H groups in total. The zero-order valence-corrected chi connectivity index (χ0v) is 31.8. The molecule has 0 saturated heterocycles. The third-order valence-electron chi connectivity index (χ3n) is 10.3. The van der Waals surface area contributed by atoms with Crippen molar-refractivity contribution in [2.24, 2.45) is 46.6 Å². The van der Waals surface area contributed by atoms with Crippen molar-refractivity contribution in [3.05, 3.63) is 0 Å². The molecule has 0 amide bonds. The van der Waals surface area contributed by atoms with Gasteiger partial charge in [0.25, 0.3) is 0 Å². The fraction of sp³-hybridized carbons (Fsp3) is 1.00. The molecule has 300 valence electrons. The van der Waals surface area contributed by atoms with Crippen LogP contribution >= 0.6 is 0 Å². The van der Waals surface area contributed by atoms with Gasteiger partial charge >= 0.3 is 12.4 Å². The molecule has 4 aliphatic carbocycles. The van der Waals surface area contributed by atoms with E-state index in [0.29, 0.717) is 36.9 Å². The zero-order valence-electron chi connectivity index (χ0n) is 30.2. The third kappa shape index (κ3) is 25.3. The normalized spacial score (nSPS) is 31.1. The molecule has 8 nitrogen and oxygen atoms in total. The van der Waals surface area contributed by atoms with Crippen LogP contribution in [-0.2, 0) is 19.7 Å². The van der Waals surface area contributed by atoms with Crippen LogP contribution in [0.5, 0.6) is 0 Å². The summed E-state index contributed by atoms with van der Waals surface area (Å²) in [5.41, 5.74) is 22.7. The van der Waals surface area contributed by atoms with E-state index in [-0.39, 0.29) is 29.4 Å². The molecule has 0 aliphatic heterocycles. The molecule has 0 atom stereocenters. The Kier molecular flexibility index (Phi) is 21.3. The van der Waals surface area contributed by atoms with E-state index in [4.69, 9.17) is 22.9 Å². The molecule has 50 heavy (non-hydrogen) atoms. The molecule has 16 heteroatoms. The lowest BCUT2D eigenvalue weighted by molar-refractivity contribution is -0.130. The fourth-order valence-corrected chi connectivity index (χ4v) is 10.2. The van der Waals surface area contributed by atoms with Crippen molar-refractivity contribution in [3.8, 4) is 0 Å². The second kappa shape index (κ2) is 22.5. The predicted molar refractivity (Wildman–Crippen MR) is 190 cm³/mol. The minimum Gasteiger partial charge on any atom is -0.328 e. The smallest absolute Gasteiger partial charge is 0.328 e. The highest BCUT2D eigenvalue weighted by Crippen LogP contribution is 2.30. The van der Waals surface area contributed by atoms with Gasteiger partial charge in [-0.2, -0.15) is 26.3 Å². The van der Waals surface area contributed by atoms with Crippen LogP contribution in [0.2, 0.25) is 0 Å². The minimum absolute atomic E-state index is 0.0203. The van der Waals surface area contributed by atoms with E-state index < -0.39 is 56.4 Å². The van der Waals surface area contributed by atoms with Crippen LogP contribution in [0.25, 0.3) is 0 Å². The number of halogens is 6. The number of hydrogen-bond acceptors (Lipinski definition) is 8. The molecule has 0 aromatic heterocycles. The van der Waals surface area contributed by atoms with E-state index in [0.717, 1.165) is 70.1 Å². The Morgan fingerprint density at radius 3 is 0.920 bits per heavy atom. The van der Waals surface area contributed by atoms with Gasteiger partial charge in [-0.25, -0.2) is 16.8 Å². The van der Waals surface area contributed by atoms with E-state index in [1.165, 1.54) is 25.7 Å². The van der Waals surface area contributed by atoms with Gasteiger partial charge in [0, 0.05) is 24.2 Å². The highest BCUT2D eigenvalue weighted by atomic mass is 32.2. The molecular weight excluding hydrogens is 707 g/mol. The van der Waals surface area contributed by atoms with Crippen LogP contribution in [0, 0.1) is 23.7 Å². The first-order valence-electron chi connectivity index (χ1n) is 18.5. The van der Waals surface area contributed by atoms with E-state index in [2.05, 4.69) is 13.8 Å². The summed E-state index contributed by atoms with van der Waals surface area (Å²) in [5, 5.41) is 0. The Balaban J connectivity index is 0.000000353. The van der Waals surface area contributed by atoms with Crippen molar-refractivity contribution >= 4 is 19.7 Å². The number of hydrogen-bond donors (Lipinski definition) is 4. The third-order valence-corrected chi connectivity index (χ3v) is 13.9. The topological polar surface area (TPSA) is 172 Å². The maximum atomic E-state index is 12.0. The quantitative estimate of drug-likeness (QED) is 0.195. The molecular formula is C34H66F6N4O4S2. The summed E-state index contributed by atoms with van der Waals surface area (Å²) < 4.78 is 118. The van der Waals surface area contributed by atoms with Gasteiger partial charge in [-0.15, -0.1) is 0 Å². The average Bonchev–Trinajstić information content (AvgIpc) is 3.01. The van der Waals surface area contributed by atoms with Gasteiger partial charge in [-0.1, -0.05) is 26.7 Å². The second-order valence-corrected chi connectivity index (χ2v) is 20.0. The Morgan fingerprint density at radius 1 is 0.440 bits per heavy atom. The maximum Gasteiger partial charge on any atom is 0.390 e. The summed E-state index contributed by atoms with van der Waals surface area (Å²) in [6.45, 7) is 4.43. The summed E-state index contributed by atoms with van der Waals surface area (Å²) in [6.07, 6.45) is 5.00. The molecule has 0 aromatic carbocycles. The Bertz CT molecular complexity index is 1000. The minimum atomic E-state index is -4.40. The fourth-order valence-electron chi connectivity index (χ4n) is 6.71. The number of nitrogens with two attached hydrogens (primary N) is 4. The molecule has 0 bridgehead atoms. The zero-order chi connectivity index (χ0) is 38.2. The molecule has 0 radical (unpaired) electrons. The maximum absolute atomic E-state index is 12.0. The summed E-state index contributed by atoms with van der Waals surface area (Å²) in [6, 6.07) is 1.51. The Hall–Kier alpha value is -0.680. The first-order valence-corrected chi connectivity index (χ1v) is 22.1. The van der Waals surface area contributed by atoms with E-state index in [1.54, 1.807) is 0 Å². The molecule has 4 rings (SSSR count). The highest BCUT2D eigenvalue weighted by molar-refractivity contribution is 7.91. The van der Waals surface area contributed by atoms with Crippen LogP contribution in [0.3, 0.4) is 0 Å². The van der Waals surface area contributed by atoms with Crippen molar-refractivity contribution in [3.63, 3.8) is 0 Å². The van der Waals surface area contributed by atoms with Crippen molar-refractivity contribution in [1.29, 1.82) is 0 Å². The van der Waals surface area contributed by atoms with Gasteiger partial charge in [0.1, 0.15) is 0 Å². The van der Waals surface area contributed by atoms with Gasteiger partial charge in [0.05, 0.1) is 35.9 Å². The van der Waals surface area contributed by atoms with Crippen LogP contribution in [0.1, 0.15) is 129 Å². The molecule has 0 heterocycles. The monoisotopic (exact) mass is 772 g/mol. The largest absolute Gasteiger partial charge is 0.390 e. The lowest BCUT2D eigenvalue weighted by atomic mass is 9.84. The first kappa shape index (κ1) is 47.3. The summed E-state index contributed by atoms with van der Waals surface area (Å²) in [4.78, 5) is 0. The molecule has 4 saturated carbocycles. The van der Waals surface area contributed by atoms with Gasteiger partial charge in [-0.05, 0) is 114 Å².